The van der Waals surface area contributed by atoms with Gasteiger partial charge in [-0.05, 0) is 18.2 Å². The molecule has 1 N–H and O–H groups in total. The molecule has 1 aromatic rings. The minimum atomic E-state index is -0.202. The normalized spacial score (nSPS) is 9.67. The molecule has 0 amide bonds. The number of nitrogens with one attached hydrogen (secondary N) is 1. The highest BCUT2D eigenvalue weighted by atomic mass is 19.1. The van der Waals surface area contributed by atoms with Gasteiger partial charge in [-0.1, -0.05) is 0 Å². The van der Waals surface area contributed by atoms with Gasteiger partial charge in [0.1, 0.15) is 5.82 Å². The molecule has 0 atom stereocenters. The molecule has 3 heteroatoms. The Morgan fingerprint density at radius 3 is 2.42 bits per heavy atom. The Bertz CT molecular complexity index is 271. The summed E-state index contributed by atoms with van der Waals surface area (Å²) in [6.07, 6.45) is 0. The predicted molar refractivity (Wildman–Crippen MR) is 50.3 cm³/mol. The molecule has 66 valence electrons. The van der Waals surface area contributed by atoms with Crippen molar-refractivity contribution in [2.45, 2.75) is 0 Å². The third-order valence-corrected chi connectivity index (χ3v) is 1.72. The standard InChI is InChI=1S/C9H13FN2/c1-11-7-4-5-9(12(2)3)8(10)6-7/h4-6,11H,1-3H3. The van der Waals surface area contributed by atoms with Crippen molar-refractivity contribution in [1.82, 2.24) is 0 Å². The van der Waals surface area contributed by atoms with Crippen LogP contribution in [0, 0.1) is 5.82 Å². The van der Waals surface area contributed by atoms with Gasteiger partial charge in [0.2, 0.25) is 0 Å². The van der Waals surface area contributed by atoms with Gasteiger partial charge >= 0.3 is 0 Å². The second kappa shape index (κ2) is 3.43. The highest BCUT2D eigenvalue weighted by molar-refractivity contribution is 5.55. The summed E-state index contributed by atoms with van der Waals surface area (Å²) in [6, 6.07) is 5.08. The molecule has 0 aliphatic rings. The summed E-state index contributed by atoms with van der Waals surface area (Å²) in [5.41, 5.74) is 1.40. The van der Waals surface area contributed by atoms with Gasteiger partial charge in [-0.25, -0.2) is 4.39 Å². The van der Waals surface area contributed by atoms with Gasteiger partial charge in [0.25, 0.3) is 0 Å². The third kappa shape index (κ3) is 1.67. The second-order valence-corrected chi connectivity index (χ2v) is 2.81. The highest BCUT2D eigenvalue weighted by Gasteiger charge is 2.03. The Balaban J connectivity index is 3.03. The predicted octanol–water partition coefficient (Wildman–Crippen LogP) is 1.93. The molecule has 0 fully saturated rings. The van der Waals surface area contributed by atoms with Gasteiger partial charge in [-0.3, -0.25) is 0 Å². The average molecular weight is 168 g/mol. The average Bonchev–Trinajstić information content (AvgIpc) is 2.03. The SMILES string of the molecule is CNc1ccc(N(C)C)c(F)c1. The lowest BCUT2D eigenvalue weighted by Gasteiger charge is -2.13. The fraction of sp³-hybridized carbons (Fsp3) is 0.333. The van der Waals surface area contributed by atoms with Crippen molar-refractivity contribution < 1.29 is 4.39 Å². The van der Waals surface area contributed by atoms with Crippen LogP contribution < -0.4 is 10.2 Å². The molecule has 0 aliphatic heterocycles. The van der Waals surface area contributed by atoms with Gasteiger partial charge in [0.15, 0.2) is 0 Å². The number of hydrogen-bond acceptors (Lipinski definition) is 2. The third-order valence-electron chi connectivity index (χ3n) is 1.72. The topological polar surface area (TPSA) is 15.3 Å². The summed E-state index contributed by atoms with van der Waals surface area (Å²) in [5.74, 6) is -0.202. The van der Waals surface area contributed by atoms with Gasteiger partial charge in [0, 0.05) is 26.8 Å². The van der Waals surface area contributed by atoms with Crippen molar-refractivity contribution in [2.75, 3.05) is 31.4 Å². The molecular weight excluding hydrogens is 155 g/mol. The maximum absolute atomic E-state index is 13.2. The number of halogens is 1. The molecule has 0 aliphatic carbocycles. The molecule has 0 saturated heterocycles. The minimum Gasteiger partial charge on any atom is -0.388 e. The van der Waals surface area contributed by atoms with Crippen LogP contribution in [0.1, 0.15) is 0 Å². The quantitative estimate of drug-likeness (QED) is 0.726. The lowest BCUT2D eigenvalue weighted by atomic mass is 10.2. The van der Waals surface area contributed by atoms with E-state index in [1.165, 1.54) is 6.07 Å². The van der Waals surface area contributed by atoms with Crippen molar-refractivity contribution in [3.8, 4) is 0 Å². The summed E-state index contributed by atoms with van der Waals surface area (Å²) in [5, 5.41) is 2.88. The van der Waals surface area contributed by atoms with Crippen LogP contribution in [-0.2, 0) is 0 Å². The molecule has 0 bridgehead atoms. The van der Waals surface area contributed by atoms with Crippen molar-refractivity contribution in [2.24, 2.45) is 0 Å². The molecule has 12 heavy (non-hydrogen) atoms. The first-order valence-corrected chi connectivity index (χ1v) is 3.80. The lowest BCUT2D eigenvalue weighted by molar-refractivity contribution is 0.626. The Hall–Kier alpha value is -1.25. The van der Waals surface area contributed by atoms with Crippen LogP contribution in [-0.4, -0.2) is 21.1 Å². The number of benzene rings is 1. The summed E-state index contributed by atoms with van der Waals surface area (Å²) in [6.45, 7) is 0. The van der Waals surface area contributed by atoms with Crippen LogP contribution in [0.2, 0.25) is 0 Å². The van der Waals surface area contributed by atoms with Crippen LogP contribution in [0.4, 0.5) is 15.8 Å². The largest absolute Gasteiger partial charge is 0.388 e. The Kier molecular flexibility index (Phi) is 2.53. The van der Waals surface area contributed by atoms with Crippen molar-refractivity contribution in [1.29, 1.82) is 0 Å². The fourth-order valence-electron chi connectivity index (χ4n) is 1.03. The van der Waals surface area contributed by atoms with Gasteiger partial charge in [-0.15, -0.1) is 0 Å². The first kappa shape index (κ1) is 8.84. The molecule has 0 heterocycles. The Labute approximate surface area is 72.0 Å². The second-order valence-electron chi connectivity index (χ2n) is 2.81. The van der Waals surface area contributed by atoms with E-state index in [4.69, 9.17) is 0 Å². The maximum Gasteiger partial charge on any atom is 0.148 e. The number of nitrogens with zero attached hydrogens (tertiary/aromatic N) is 1. The van der Waals surface area contributed by atoms with Gasteiger partial charge < -0.3 is 10.2 Å². The van der Waals surface area contributed by atoms with Crippen molar-refractivity contribution in [3.05, 3.63) is 24.0 Å². The van der Waals surface area contributed by atoms with Crippen molar-refractivity contribution >= 4 is 11.4 Å². The molecule has 0 spiro atoms. The van der Waals surface area contributed by atoms with Gasteiger partial charge in [0.05, 0.1) is 5.69 Å². The zero-order chi connectivity index (χ0) is 9.14. The lowest BCUT2D eigenvalue weighted by Crippen LogP contribution is -2.10. The summed E-state index contributed by atoms with van der Waals surface area (Å²) < 4.78 is 13.2. The molecule has 2 nitrogen and oxygen atoms in total. The van der Waals surface area contributed by atoms with E-state index in [0.717, 1.165) is 5.69 Å². The van der Waals surface area contributed by atoms with E-state index in [2.05, 4.69) is 5.32 Å². The van der Waals surface area contributed by atoms with E-state index in [1.54, 1.807) is 18.0 Å². The molecular formula is C9H13FN2. The molecule has 1 rings (SSSR count). The molecule has 1 aromatic carbocycles. The molecule has 0 radical (unpaired) electrons. The monoisotopic (exact) mass is 168 g/mol. The van der Waals surface area contributed by atoms with Crippen LogP contribution in [0.5, 0.6) is 0 Å². The minimum absolute atomic E-state index is 0.202. The molecule has 0 unspecified atom stereocenters. The number of anilines is 2. The first-order chi connectivity index (χ1) is 5.65. The van der Waals surface area contributed by atoms with Crippen LogP contribution in [0.25, 0.3) is 0 Å². The van der Waals surface area contributed by atoms with E-state index in [1.807, 2.05) is 20.2 Å². The van der Waals surface area contributed by atoms with Crippen LogP contribution in [0.15, 0.2) is 18.2 Å². The van der Waals surface area contributed by atoms with Gasteiger partial charge in [-0.2, -0.15) is 0 Å². The fourth-order valence-corrected chi connectivity index (χ4v) is 1.03. The maximum atomic E-state index is 13.2. The molecule has 0 aromatic heterocycles. The van der Waals surface area contributed by atoms with Crippen molar-refractivity contribution in [3.63, 3.8) is 0 Å². The summed E-state index contributed by atoms with van der Waals surface area (Å²) in [7, 11) is 5.40. The van der Waals surface area contributed by atoms with E-state index in [9.17, 15) is 4.39 Å². The highest BCUT2D eigenvalue weighted by Crippen LogP contribution is 2.20. The van der Waals surface area contributed by atoms with Crippen LogP contribution in [0.3, 0.4) is 0 Å². The van der Waals surface area contributed by atoms with E-state index >= 15 is 0 Å². The zero-order valence-electron chi connectivity index (χ0n) is 7.56. The summed E-state index contributed by atoms with van der Waals surface area (Å²) >= 11 is 0. The Morgan fingerprint density at radius 1 is 1.33 bits per heavy atom. The van der Waals surface area contributed by atoms with E-state index in [-0.39, 0.29) is 5.82 Å². The number of rotatable bonds is 2. The van der Waals surface area contributed by atoms with Crippen LogP contribution >= 0.6 is 0 Å². The van der Waals surface area contributed by atoms with E-state index < -0.39 is 0 Å². The van der Waals surface area contributed by atoms with E-state index in [0.29, 0.717) is 5.69 Å². The smallest absolute Gasteiger partial charge is 0.148 e. The molecule has 0 saturated carbocycles. The zero-order valence-corrected chi connectivity index (χ0v) is 7.56. The Morgan fingerprint density at radius 2 is 2.00 bits per heavy atom. The summed E-state index contributed by atoms with van der Waals surface area (Å²) in [4.78, 5) is 1.74. The number of hydrogen-bond donors (Lipinski definition) is 1. The first-order valence-electron chi connectivity index (χ1n) is 3.80.